The smallest absolute Gasteiger partial charge is 0.310 e. The minimum Gasteiger partial charge on any atom is -0.345 e. The van der Waals surface area contributed by atoms with Gasteiger partial charge in [-0.15, -0.1) is 0 Å². The van der Waals surface area contributed by atoms with E-state index in [4.69, 9.17) is 0 Å². The quantitative estimate of drug-likeness (QED) is 0.709. The Kier molecular flexibility index (Phi) is 2.35. The highest BCUT2D eigenvalue weighted by Crippen LogP contribution is 2.25. The Bertz CT molecular complexity index is 691. The van der Waals surface area contributed by atoms with Crippen LogP contribution in [0.15, 0.2) is 24.5 Å². The maximum Gasteiger partial charge on any atom is 0.310 e. The van der Waals surface area contributed by atoms with Crippen molar-refractivity contribution in [1.82, 2.24) is 20.2 Å². The Morgan fingerprint density at radius 1 is 1.32 bits per heavy atom. The molecule has 1 aromatic heterocycles. The van der Waals surface area contributed by atoms with Gasteiger partial charge in [0, 0.05) is 13.6 Å². The highest BCUT2D eigenvalue weighted by atomic mass is 16.2. The van der Waals surface area contributed by atoms with Gasteiger partial charge in [0.25, 0.3) is 0 Å². The average molecular weight is 258 g/mol. The largest absolute Gasteiger partial charge is 0.345 e. The number of amides is 2. The first-order valence-electron chi connectivity index (χ1n) is 6.01. The summed E-state index contributed by atoms with van der Waals surface area (Å²) in [6.45, 7) is 2.25. The first kappa shape index (κ1) is 11.7. The van der Waals surface area contributed by atoms with E-state index in [-0.39, 0.29) is 0 Å². The predicted octanol–water partition coefficient (Wildman–Crippen LogP) is 0.0345. The summed E-state index contributed by atoms with van der Waals surface area (Å²) < 4.78 is 1.93. The molecule has 1 aliphatic rings. The number of aryl methyl sites for hydroxylation is 1. The number of fused-ring (bicyclic) bond motifs is 1. The molecule has 2 heterocycles. The highest BCUT2D eigenvalue weighted by molar-refractivity contribution is 6.35. The Morgan fingerprint density at radius 2 is 2.11 bits per heavy atom. The van der Waals surface area contributed by atoms with Crippen molar-refractivity contribution >= 4 is 22.8 Å². The van der Waals surface area contributed by atoms with Crippen molar-refractivity contribution in [1.29, 1.82) is 0 Å². The van der Waals surface area contributed by atoms with Gasteiger partial charge in [-0.2, -0.15) is 0 Å². The van der Waals surface area contributed by atoms with Crippen molar-refractivity contribution in [3.63, 3.8) is 0 Å². The topological polar surface area (TPSA) is 76.0 Å². The van der Waals surface area contributed by atoms with Crippen molar-refractivity contribution in [2.24, 2.45) is 7.05 Å². The molecule has 2 aromatic rings. The van der Waals surface area contributed by atoms with Crippen LogP contribution in [0.25, 0.3) is 11.0 Å². The third-order valence-electron chi connectivity index (χ3n) is 3.56. The molecule has 0 saturated carbocycles. The van der Waals surface area contributed by atoms with Crippen LogP contribution in [0.4, 0.5) is 0 Å². The van der Waals surface area contributed by atoms with Gasteiger partial charge in [0.15, 0.2) is 0 Å². The summed E-state index contributed by atoms with van der Waals surface area (Å²) in [7, 11) is 1.93. The second-order valence-electron chi connectivity index (χ2n) is 5.03. The number of imidazole rings is 1. The summed E-state index contributed by atoms with van der Waals surface area (Å²) in [5, 5.41) is 5.34. The Labute approximate surface area is 109 Å². The summed E-state index contributed by atoms with van der Waals surface area (Å²) in [4.78, 5) is 27.0. The minimum atomic E-state index is -0.602. The van der Waals surface area contributed by atoms with E-state index < -0.39 is 17.4 Å². The van der Waals surface area contributed by atoms with Gasteiger partial charge >= 0.3 is 11.8 Å². The molecule has 19 heavy (non-hydrogen) atoms. The molecular weight excluding hydrogens is 244 g/mol. The average Bonchev–Trinajstić information content (AvgIpc) is 2.76. The summed E-state index contributed by atoms with van der Waals surface area (Å²) in [6.07, 6.45) is 1.75. The summed E-state index contributed by atoms with van der Waals surface area (Å²) in [5.74, 6) is -1.19. The molecule has 0 spiro atoms. The lowest BCUT2D eigenvalue weighted by molar-refractivity contribution is -0.142. The van der Waals surface area contributed by atoms with E-state index in [1.165, 1.54) is 0 Å². The van der Waals surface area contributed by atoms with Gasteiger partial charge in [0.2, 0.25) is 0 Å². The maximum atomic E-state index is 11.5. The van der Waals surface area contributed by atoms with E-state index in [1.807, 2.05) is 36.7 Å². The third kappa shape index (κ3) is 1.76. The van der Waals surface area contributed by atoms with Crippen LogP contribution in [0.2, 0.25) is 0 Å². The summed E-state index contributed by atoms with van der Waals surface area (Å²) >= 11 is 0. The molecule has 6 heteroatoms. The van der Waals surface area contributed by atoms with Crippen LogP contribution >= 0.6 is 0 Å². The van der Waals surface area contributed by atoms with E-state index in [9.17, 15) is 9.59 Å². The molecule has 0 radical (unpaired) electrons. The van der Waals surface area contributed by atoms with Gasteiger partial charge in [-0.05, 0) is 24.6 Å². The van der Waals surface area contributed by atoms with E-state index in [0.29, 0.717) is 6.54 Å². The Balaban J connectivity index is 2.03. The maximum absolute atomic E-state index is 11.5. The molecule has 0 bridgehead atoms. The number of hydrogen-bond donors (Lipinski definition) is 2. The van der Waals surface area contributed by atoms with E-state index >= 15 is 0 Å². The fourth-order valence-corrected chi connectivity index (χ4v) is 2.34. The second kappa shape index (κ2) is 3.81. The van der Waals surface area contributed by atoms with Gasteiger partial charge in [0.1, 0.15) is 0 Å². The molecule has 1 fully saturated rings. The van der Waals surface area contributed by atoms with Crippen molar-refractivity contribution in [2.45, 2.75) is 12.5 Å². The molecule has 2 amide bonds. The standard InChI is InChI=1S/C13H14N4O2/c1-13(6-14-11(18)12(19)16-13)8-3-4-10-9(5-8)15-7-17(10)2/h3-5,7H,6H2,1-2H3,(H,14,18)(H,16,19). The molecule has 2 N–H and O–H groups in total. The van der Waals surface area contributed by atoms with Crippen LogP contribution < -0.4 is 10.6 Å². The van der Waals surface area contributed by atoms with Crippen molar-refractivity contribution in [3.05, 3.63) is 30.1 Å². The van der Waals surface area contributed by atoms with Crippen LogP contribution in [0.5, 0.6) is 0 Å². The number of nitrogens with zero attached hydrogens (tertiary/aromatic N) is 2. The van der Waals surface area contributed by atoms with Crippen LogP contribution in [-0.4, -0.2) is 27.9 Å². The molecule has 6 nitrogen and oxygen atoms in total. The van der Waals surface area contributed by atoms with Crippen LogP contribution in [-0.2, 0) is 22.2 Å². The molecule has 1 saturated heterocycles. The third-order valence-corrected chi connectivity index (χ3v) is 3.56. The molecule has 1 aliphatic heterocycles. The highest BCUT2D eigenvalue weighted by Gasteiger charge is 2.36. The molecular formula is C13H14N4O2. The van der Waals surface area contributed by atoms with Crippen LogP contribution in [0.1, 0.15) is 12.5 Å². The van der Waals surface area contributed by atoms with Crippen molar-refractivity contribution in [3.8, 4) is 0 Å². The number of carbonyl (C=O) groups is 2. The monoisotopic (exact) mass is 258 g/mol. The lowest BCUT2D eigenvalue weighted by Gasteiger charge is -2.34. The van der Waals surface area contributed by atoms with Crippen LogP contribution in [0, 0.1) is 0 Å². The summed E-state index contributed by atoms with van der Waals surface area (Å²) in [6, 6.07) is 5.85. The van der Waals surface area contributed by atoms with Gasteiger partial charge in [-0.1, -0.05) is 6.07 Å². The molecule has 3 rings (SSSR count). The van der Waals surface area contributed by atoms with Gasteiger partial charge in [0.05, 0.1) is 22.9 Å². The zero-order chi connectivity index (χ0) is 13.6. The summed E-state index contributed by atoms with van der Waals surface area (Å²) in [5.41, 5.74) is 2.22. The second-order valence-corrected chi connectivity index (χ2v) is 5.03. The number of carbonyl (C=O) groups excluding carboxylic acids is 2. The number of benzene rings is 1. The molecule has 1 atom stereocenters. The molecule has 1 unspecified atom stereocenters. The van der Waals surface area contributed by atoms with Crippen LogP contribution in [0.3, 0.4) is 0 Å². The first-order valence-corrected chi connectivity index (χ1v) is 6.01. The van der Waals surface area contributed by atoms with Crippen molar-refractivity contribution in [2.75, 3.05) is 6.54 Å². The van der Waals surface area contributed by atoms with E-state index in [1.54, 1.807) is 6.33 Å². The van der Waals surface area contributed by atoms with Gasteiger partial charge in [-0.3, -0.25) is 9.59 Å². The first-order chi connectivity index (χ1) is 8.99. The van der Waals surface area contributed by atoms with E-state index in [0.717, 1.165) is 16.6 Å². The predicted molar refractivity (Wildman–Crippen MR) is 69.2 cm³/mol. The number of piperazine rings is 1. The molecule has 98 valence electrons. The number of hydrogen-bond acceptors (Lipinski definition) is 3. The normalized spacial score (nSPS) is 23.3. The zero-order valence-electron chi connectivity index (χ0n) is 10.7. The number of aromatic nitrogens is 2. The fourth-order valence-electron chi connectivity index (χ4n) is 2.34. The van der Waals surface area contributed by atoms with Crippen molar-refractivity contribution < 1.29 is 9.59 Å². The Hall–Kier alpha value is -2.37. The minimum absolute atomic E-state index is 0.371. The zero-order valence-corrected chi connectivity index (χ0v) is 10.7. The lowest BCUT2D eigenvalue weighted by atomic mass is 9.90. The van der Waals surface area contributed by atoms with Gasteiger partial charge in [-0.25, -0.2) is 4.98 Å². The lowest BCUT2D eigenvalue weighted by Crippen LogP contribution is -2.60. The van der Waals surface area contributed by atoms with Gasteiger partial charge < -0.3 is 15.2 Å². The SMILES string of the molecule is Cn1cnc2cc(C3(C)CNC(=O)C(=O)N3)ccc21. The molecule has 1 aromatic carbocycles. The number of rotatable bonds is 1. The number of nitrogens with one attached hydrogen (secondary N) is 2. The fraction of sp³-hybridized carbons (Fsp3) is 0.308. The van der Waals surface area contributed by atoms with E-state index in [2.05, 4.69) is 15.6 Å². The Morgan fingerprint density at radius 3 is 2.84 bits per heavy atom. The molecule has 0 aliphatic carbocycles.